The standard InChI is InChI=1S/C29H29NO10S2/c1-30(7-6-28(35)36)29(37)26-13-17-11-21(38-2)22(15-24(17)42-26)40-9-3-8-39-20-10-16-12-25(18(31)4-5-27(33)34)41-23(16)14-19(20)32/h10-15,32H,3-9H2,1-2H3,(H,33,34)(H,35,36). The molecule has 4 aromatic rings. The predicted molar refractivity (Wildman–Crippen MR) is 158 cm³/mol. The number of carboxylic acids is 2. The fourth-order valence-electron chi connectivity index (χ4n) is 4.05. The van der Waals surface area contributed by atoms with Crippen LogP contribution in [0, 0.1) is 0 Å². The molecule has 0 aliphatic heterocycles. The number of amides is 1. The Bertz CT molecular complexity index is 1640. The minimum Gasteiger partial charge on any atom is -0.504 e. The lowest BCUT2D eigenvalue weighted by Gasteiger charge is -2.14. The zero-order valence-electron chi connectivity index (χ0n) is 22.9. The van der Waals surface area contributed by atoms with Gasteiger partial charge in [0.2, 0.25) is 0 Å². The molecular formula is C29H29NO10S2. The fraction of sp³-hybridized carbons (Fsp3) is 0.310. The van der Waals surface area contributed by atoms with E-state index in [-0.39, 0.29) is 62.2 Å². The number of aliphatic carboxylic acids is 2. The van der Waals surface area contributed by atoms with Gasteiger partial charge in [-0.3, -0.25) is 19.2 Å². The summed E-state index contributed by atoms with van der Waals surface area (Å²) in [6.45, 7) is 0.621. The van der Waals surface area contributed by atoms with Gasteiger partial charge >= 0.3 is 11.9 Å². The van der Waals surface area contributed by atoms with Gasteiger partial charge in [-0.15, -0.1) is 22.7 Å². The molecule has 2 heterocycles. The van der Waals surface area contributed by atoms with Crippen molar-refractivity contribution < 1.29 is 48.7 Å². The number of thiophene rings is 2. The second-order valence-electron chi connectivity index (χ2n) is 9.36. The first-order valence-electron chi connectivity index (χ1n) is 12.9. The topological polar surface area (TPSA) is 160 Å². The van der Waals surface area contributed by atoms with Crippen molar-refractivity contribution in [3.63, 3.8) is 0 Å². The third-order valence-corrected chi connectivity index (χ3v) is 8.49. The normalized spacial score (nSPS) is 11.0. The van der Waals surface area contributed by atoms with Gasteiger partial charge in [0.15, 0.2) is 28.8 Å². The minimum absolute atomic E-state index is 0.0708. The number of phenolic OH excluding ortho intramolecular Hbond substituents is 1. The Kier molecular flexibility index (Phi) is 9.86. The number of rotatable bonds is 15. The summed E-state index contributed by atoms with van der Waals surface area (Å²) in [7, 11) is 3.08. The first-order valence-corrected chi connectivity index (χ1v) is 14.5. The molecular weight excluding hydrogens is 586 g/mol. The summed E-state index contributed by atoms with van der Waals surface area (Å²) in [5.74, 6) is -1.36. The molecule has 0 saturated heterocycles. The summed E-state index contributed by atoms with van der Waals surface area (Å²) in [5.41, 5.74) is 0. The monoisotopic (exact) mass is 615 g/mol. The largest absolute Gasteiger partial charge is 0.504 e. The predicted octanol–water partition coefficient (Wildman–Crippen LogP) is 5.27. The van der Waals surface area contributed by atoms with Crippen molar-refractivity contribution in [1.82, 2.24) is 4.90 Å². The first-order chi connectivity index (χ1) is 20.0. The van der Waals surface area contributed by atoms with Crippen LogP contribution in [-0.2, 0) is 9.59 Å². The number of hydrogen-bond donors (Lipinski definition) is 3. The van der Waals surface area contributed by atoms with Crippen molar-refractivity contribution in [3.8, 4) is 23.0 Å². The van der Waals surface area contributed by atoms with E-state index in [1.165, 1.54) is 40.7 Å². The first kappa shape index (κ1) is 30.6. The molecule has 0 radical (unpaired) electrons. The number of ether oxygens (including phenoxy) is 3. The Balaban J connectivity index is 1.34. The lowest BCUT2D eigenvalue weighted by Crippen LogP contribution is -2.28. The van der Waals surface area contributed by atoms with Crippen LogP contribution in [-0.4, -0.2) is 77.8 Å². The lowest BCUT2D eigenvalue weighted by atomic mass is 10.1. The molecule has 42 heavy (non-hydrogen) atoms. The highest BCUT2D eigenvalue weighted by atomic mass is 32.1. The zero-order valence-corrected chi connectivity index (χ0v) is 24.5. The van der Waals surface area contributed by atoms with Crippen LogP contribution in [0.2, 0.25) is 0 Å². The molecule has 2 aromatic heterocycles. The number of aromatic hydroxyl groups is 1. The highest BCUT2D eigenvalue weighted by molar-refractivity contribution is 7.21. The van der Waals surface area contributed by atoms with Gasteiger partial charge in [0, 0.05) is 48.0 Å². The average molecular weight is 616 g/mol. The highest BCUT2D eigenvalue weighted by Gasteiger charge is 2.18. The van der Waals surface area contributed by atoms with Crippen molar-refractivity contribution in [2.24, 2.45) is 0 Å². The van der Waals surface area contributed by atoms with Crippen LogP contribution < -0.4 is 14.2 Å². The van der Waals surface area contributed by atoms with Crippen molar-refractivity contribution in [2.75, 3.05) is 33.9 Å². The summed E-state index contributed by atoms with van der Waals surface area (Å²) in [4.78, 5) is 48.8. The van der Waals surface area contributed by atoms with E-state index in [4.69, 9.17) is 24.4 Å². The Morgan fingerprint density at radius 1 is 0.762 bits per heavy atom. The van der Waals surface area contributed by atoms with Crippen LogP contribution in [0.4, 0.5) is 0 Å². The van der Waals surface area contributed by atoms with E-state index in [0.717, 1.165) is 10.1 Å². The summed E-state index contributed by atoms with van der Waals surface area (Å²) in [5, 5.41) is 29.6. The second-order valence-corrected chi connectivity index (χ2v) is 11.5. The molecule has 2 aromatic carbocycles. The van der Waals surface area contributed by atoms with Gasteiger partial charge in [-0.25, -0.2) is 0 Å². The van der Waals surface area contributed by atoms with Crippen LogP contribution in [0.15, 0.2) is 36.4 Å². The average Bonchev–Trinajstić information content (AvgIpc) is 3.56. The van der Waals surface area contributed by atoms with E-state index in [1.54, 1.807) is 37.4 Å². The van der Waals surface area contributed by atoms with E-state index in [1.807, 2.05) is 0 Å². The molecule has 0 atom stereocenters. The number of hydrogen-bond acceptors (Lipinski definition) is 10. The van der Waals surface area contributed by atoms with Crippen LogP contribution in [0.3, 0.4) is 0 Å². The maximum atomic E-state index is 12.7. The molecule has 0 aliphatic rings. The van der Waals surface area contributed by atoms with Crippen LogP contribution in [0.25, 0.3) is 20.2 Å². The van der Waals surface area contributed by atoms with Crippen LogP contribution >= 0.6 is 22.7 Å². The van der Waals surface area contributed by atoms with E-state index >= 15 is 0 Å². The number of carbonyl (C=O) groups is 4. The highest BCUT2D eigenvalue weighted by Crippen LogP contribution is 2.38. The van der Waals surface area contributed by atoms with E-state index in [2.05, 4.69) is 0 Å². The Morgan fingerprint density at radius 3 is 2.02 bits per heavy atom. The number of ketones is 1. The van der Waals surface area contributed by atoms with Gasteiger partial charge in [0.1, 0.15) is 0 Å². The van der Waals surface area contributed by atoms with Crippen molar-refractivity contribution >= 4 is 66.5 Å². The molecule has 13 heteroatoms. The maximum absolute atomic E-state index is 12.7. The fourth-order valence-corrected chi connectivity index (χ4v) is 6.17. The number of carboxylic acid groups (broad SMARTS) is 2. The molecule has 1 amide bonds. The number of Topliss-reactive ketones (excluding diaryl/α,β-unsaturated/α-hetero) is 1. The molecule has 222 valence electrons. The molecule has 0 bridgehead atoms. The van der Waals surface area contributed by atoms with Gasteiger partial charge in [-0.05, 0) is 35.0 Å². The number of carbonyl (C=O) groups excluding carboxylic acids is 2. The van der Waals surface area contributed by atoms with E-state index < -0.39 is 11.9 Å². The molecule has 0 saturated carbocycles. The Morgan fingerprint density at radius 2 is 1.36 bits per heavy atom. The van der Waals surface area contributed by atoms with Gasteiger partial charge < -0.3 is 34.4 Å². The van der Waals surface area contributed by atoms with Crippen LogP contribution in [0.1, 0.15) is 45.0 Å². The van der Waals surface area contributed by atoms with Gasteiger partial charge in [-0.1, -0.05) is 0 Å². The number of nitrogens with zero attached hydrogens (tertiary/aromatic N) is 1. The zero-order chi connectivity index (χ0) is 30.4. The van der Waals surface area contributed by atoms with Crippen LogP contribution in [0.5, 0.6) is 23.0 Å². The molecule has 3 N–H and O–H groups in total. The molecule has 0 fully saturated rings. The number of benzene rings is 2. The summed E-state index contributed by atoms with van der Waals surface area (Å²) in [6, 6.07) is 10.1. The summed E-state index contributed by atoms with van der Waals surface area (Å²) < 4.78 is 18.6. The number of methoxy groups -OCH3 is 1. The van der Waals surface area contributed by atoms with Crippen molar-refractivity contribution in [2.45, 2.75) is 25.7 Å². The quantitative estimate of drug-likeness (QED) is 0.119. The molecule has 11 nitrogen and oxygen atoms in total. The SMILES string of the molecule is COc1cc2cc(C(=O)N(C)CCC(=O)O)sc2cc1OCCCOc1cc2cc(C(=O)CCC(=O)O)sc2cc1O. The van der Waals surface area contributed by atoms with E-state index in [9.17, 15) is 24.3 Å². The van der Waals surface area contributed by atoms with Gasteiger partial charge in [0.05, 0.1) is 42.9 Å². The maximum Gasteiger partial charge on any atom is 0.305 e. The van der Waals surface area contributed by atoms with Crippen molar-refractivity contribution in [3.05, 3.63) is 46.2 Å². The minimum atomic E-state index is -1.03. The molecule has 0 spiro atoms. The van der Waals surface area contributed by atoms with E-state index in [0.29, 0.717) is 37.8 Å². The third-order valence-electron chi connectivity index (χ3n) is 6.26. The van der Waals surface area contributed by atoms with Crippen molar-refractivity contribution in [1.29, 1.82) is 0 Å². The molecule has 0 aliphatic carbocycles. The summed E-state index contributed by atoms with van der Waals surface area (Å²) in [6.07, 6.45) is 0.00993. The lowest BCUT2D eigenvalue weighted by molar-refractivity contribution is -0.138. The van der Waals surface area contributed by atoms with Gasteiger partial charge in [0.25, 0.3) is 5.91 Å². The Hall–Kier alpha value is -4.36. The number of fused-ring (bicyclic) bond motifs is 2. The second kappa shape index (κ2) is 13.5. The third kappa shape index (κ3) is 7.47. The summed E-state index contributed by atoms with van der Waals surface area (Å²) >= 11 is 2.47. The Labute approximate surface area is 248 Å². The number of phenols is 1. The molecule has 0 unspecified atom stereocenters. The van der Waals surface area contributed by atoms with Gasteiger partial charge in [-0.2, -0.15) is 0 Å². The molecule has 4 rings (SSSR count). The smallest absolute Gasteiger partial charge is 0.305 e.